The van der Waals surface area contributed by atoms with Crippen LogP contribution in [0.4, 0.5) is 5.69 Å². The van der Waals surface area contributed by atoms with E-state index < -0.39 is 21.8 Å². The number of rotatable bonds is 7. The van der Waals surface area contributed by atoms with Crippen LogP contribution in [-0.4, -0.2) is 26.1 Å². The molecule has 0 bridgehead atoms. The molecule has 2 aromatic carbocycles. The lowest BCUT2D eigenvalue weighted by atomic mass is 10.1. The fourth-order valence-electron chi connectivity index (χ4n) is 2.31. The van der Waals surface area contributed by atoms with Crippen molar-refractivity contribution in [3.05, 3.63) is 59.2 Å². The molecule has 0 heterocycles. The maximum atomic E-state index is 12.1. The van der Waals surface area contributed by atoms with E-state index in [0.717, 1.165) is 5.56 Å². The molecule has 142 valence electrons. The second-order valence-corrected chi connectivity index (χ2v) is 7.33. The maximum Gasteiger partial charge on any atom is 0.248 e. The Kier molecular flexibility index (Phi) is 5.93. The zero-order valence-electron chi connectivity index (χ0n) is 14.1. The van der Waals surface area contributed by atoms with Gasteiger partial charge in [-0.2, -0.15) is 0 Å². The van der Waals surface area contributed by atoms with Gasteiger partial charge >= 0.3 is 0 Å². The van der Waals surface area contributed by atoms with Crippen molar-refractivity contribution >= 4 is 33.4 Å². The van der Waals surface area contributed by atoms with E-state index in [4.69, 9.17) is 16.6 Å². The smallest absolute Gasteiger partial charge is 0.248 e. The number of hydrogen-bond acceptors (Lipinski definition) is 5. The number of nitrogens with two attached hydrogens (primary N) is 3. The van der Waals surface area contributed by atoms with Gasteiger partial charge in [0.05, 0.1) is 4.90 Å². The van der Waals surface area contributed by atoms with Gasteiger partial charge in [0.1, 0.15) is 0 Å². The molecule has 27 heavy (non-hydrogen) atoms. The van der Waals surface area contributed by atoms with Crippen molar-refractivity contribution in [2.24, 2.45) is 16.6 Å². The van der Waals surface area contributed by atoms with Gasteiger partial charge in [-0.05, 0) is 42.3 Å². The minimum absolute atomic E-state index is 0.0158. The van der Waals surface area contributed by atoms with E-state index in [0.29, 0.717) is 6.42 Å². The molecule has 7 N–H and O–H groups in total. The molecule has 0 aliphatic heterocycles. The molecule has 0 aromatic heterocycles. The number of amides is 3. The molecule has 0 unspecified atom stereocenters. The third-order valence-corrected chi connectivity index (χ3v) is 4.61. The Morgan fingerprint density at radius 3 is 1.85 bits per heavy atom. The summed E-state index contributed by atoms with van der Waals surface area (Å²) in [5.41, 5.74) is 11.4. The lowest BCUT2D eigenvalue weighted by molar-refractivity contribution is -0.116. The third-order valence-electron chi connectivity index (χ3n) is 3.68. The molecule has 3 amide bonds. The highest BCUT2D eigenvalue weighted by atomic mass is 32.2. The van der Waals surface area contributed by atoms with Crippen LogP contribution in [-0.2, 0) is 21.2 Å². The first-order chi connectivity index (χ1) is 12.6. The molecule has 0 radical (unpaired) electrons. The van der Waals surface area contributed by atoms with Crippen molar-refractivity contribution in [2.75, 3.05) is 5.32 Å². The second-order valence-electron chi connectivity index (χ2n) is 5.76. The molecule has 9 nitrogen and oxygen atoms in total. The molecule has 2 rings (SSSR count). The number of primary sulfonamides is 1. The van der Waals surface area contributed by atoms with Crippen LogP contribution in [0.2, 0.25) is 0 Å². The first-order valence-corrected chi connectivity index (χ1v) is 9.27. The Balaban J connectivity index is 2.05. The second kappa shape index (κ2) is 7.98. The van der Waals surface area contributed by atoms with Crippen molar-refractivity contribution < 1.29 is 22.8 Å². The van der Waals surface area contributed by atoms with Gasteiger partial charge < -0.3 is 16.8 Å². The topological polar surface area (TPSA) is 175 Å². The van der Waals surface area contributed by atoms with Crippen molar-refractivity contribution in [2.45, 2.75) is 17.7 Å². The fourth-order valence-corrected chi connectivity index (χ4v) is 2.83. The van der Waals surface area contributed by atoms with Crippen LogP contribution < -0.4 is 21.9 Å². The van der Waals surface area contributed by atoms with Gasteiger partial charge in [-0.1, -0.05) is 12.1 Å². The molecule has 0 aliphatic carbocycles. The van der Waals surface area contributed by atoms with E-state index >= 15 is 0 Å². The predicted octanol–water partition coefficient (Wildman–Crippen LogP) is 0.103. The molecule has 2 aromatic rings. The molecule has 10 heteroatoms. The molecule has 0 saturated carbocycles. The van der Waals surface area contributed by atoms with Crippen LogP contribution in [0.15, 0.2) is 47.4 Å². The number of sulfonamides is 1. The van der Waals surface area contributed by atoms with E-state index in [1.807, 2.05) is 0 Å². The highest BCUT2D eigenvalue weighted by molar-refractivity contribution is 7.89. The summed E-state index contributed by atoms with van der Waals surface area (Å²) in [6.45, 7) is 0. The summed E-state index contributed by atoms with van der Waals surface area (Å²) in [4.78, 5) is 34.8. The molecule has 0 saturated heterocycles. The Morgan fingerprint density at radius 2 is 1.41 bits per heavy atom. The Hall–Kier alpha value is -3.24. The Bertz CT molecular complexity index is 968. The highest BCUT2D eigenvalue weighted by Gasteiger charge is 2.12. The first kappa shape index (κ1) is 20.1. The van der Waals surface area contributed by atoms with E-state index in [2.05, 4.69) is 5.32 Å². The van der Waals surface area contributed by atoms with Gasteiger partial charge in [0.15, 0.2) is 0 Å². The Labute approximate surface area is 155 Å². The molecule has 0 aliphatic rings. The van der Waals surface area contributed by atoms with Gasteiger partial charge in [-0.25, -0.2) is 13.6 Å². The SMILES string of the molecule is NC(=O)c1cc(NC(=O)CCc2ccc(S(N)(=O)=O)cc2)cc(C(N)=O)c1. The lowest BCUT2D eigenvalue weighted by Gasteiger charge is -2.09. The van der Waals surface area contributed by atoms with Crippen molar-refractivity contribution in [3.8, 4) is 0 Å². The number of benzene rings is 2. The molecule has 0 fully saturated rings. The van der Waals surface area contributed by atoms with E-state index in [1.165, 1.54) is 30.3 Å². The quantitative estimate of drug-likeness (QED) is 0.523. The largest absolute Gasteiger partial charge is 0.366 e. The van der Waals surface area contributed by atoms with Crippen molar-refractivity contribution in [1.82, 2.24) is 0 Å². The summed E-state index contributed by atoms with van der Waals surface area (Å²) >= 11 is 0. The monoisotopic (exact) mass is 390 g/mol. The summed E-state index contributed by atoms with van der Waals surface area (Å²) < 4.78 is 22.4. The van der Waals surface area contributed by atoms with Crippen LogP contribution in [0.1, 0.15) is 32.7 Å². The number of anilines is 1. The molecule has 0 atom stereocenters. The van der Waals surface area contributed by atoms with E-state index in [1.54, 1.807) is 12.1 Å². The van der Waals surface area contributed by atoms with E-state index in [9.17, 15) is 22.8 Å². The van der Waals surface area contributed by atoms with Gasteiger partial charge in [-0.3, -0.25) is 14.4 Å². The summed E-state index contributed by atoms with van der Waals surface area (Å²) in [6.07, 6.45) is 0.427. The first-order valence-electron chi connectivity index (χ1n) is 7.72. The lowest BCUT2D eigenvalue weighted by Crippen LogP contribution is -2.18. The summed E-state index contributed by atoms with van der Waals surface area (Å²) in [5, 5.41) is 7.59. The molecular formula is C17H18N4O5S. The van der Waals surface area contributed by atoms with Crippen LogP contribution in [0.25, 0.3) is 0 Å². The maximum absolute atomic E-state index is 12.1. The number of nitrogens with one attached hydrogen (secondary N) is 1. The number of carbonyl (C=O) groups is 3. The standard InChI is InChI=1S/C17H18N4O5S/c18-16(23)11-7-12(17(19)24)9-13(8-11)21-15(22)6-3-10-1-4-14(5-2-10)27(20,25)26/h1-2,4-5,7-9H,3,6H2,(H2,18,23)(H2,19,24)(H,21,22)(H2,20,25,26). The van der Waals surface area contributed by atoms with Crippen LogP contribution >= 0.6 is 0 Å². The Morgan fingerprint density at radius 1 is 0.889 bits per heavy atom. The summed E-state index contributed by atoms with van der Waals surface area (Å²) in [7, 11) is -3.77. The summed E-state index contributed by atoms with van der Waals surface area (Å²) in [5.74, 6) is -1.89. The van der Waals surface area contributed by atoms with E-state index in [-0.39, 0.29) is 34.0 Å². The van der Waals surface area contributed by atoms with Crippen LogP contribution in [0.5, 0.6) is 0 Å². The molecule has 0 spiro atoms. The normalized spacial score (nSPS) is 11.0. The average molecular weight is 390 g/mol. The average Bonchev–Trinajstić information content (AvgIpc) is 2.59. The van der Waals surface area contributed by atoms with Gasteiger partial charge in [0.2, 0.25) is 27.7 Å². The minimum atomic E-state index is -3.77. The zero-order chi connectivity index (χ0) is 20.2. The number of primary amides is 2. The predicted molar refractivity (Wildman–Crippen MR) is 98.2 cm³/mol. The third kappa shape index (κ3) is 5.62. The minimum Gasteiger partial charge on any atom is -0.366 e. The summed E-state index contributed by atoms with van der Waals surface area (Å²) in [6, 6.07) is 9.77. The zero-order valence-corrected chi connectivity index (χ0v) is 15.0. The van der Waals surface area contributed by atoms with Gasteiger partial charge in [-0.15, -0.1) is 0 Å². The van der Waals surface area contributed by atoms with Gasteiger partial charge in [0, 0.05) is 23.2 Å². The number of hydrogen-bond donors (Lipinski definition) is 4. The number of aryl methyl sites for hydroxylation is 1. The number of carbonyl (C=O) groups excluding carboxylic acids is 3. The van der Waals surface area contributed by atoms with Crippen LogP contribution in [0, 0.1) is 0 Å². The molecular weight excluding hydrogens is 372 g/mol. The fraction of sp³-hybridized carbons (Fsp3) is 0.118. The van der Waals surface area contributed by atoms with Crippen molar-refractivity contribution in [1.29, 1.82) is 0 Å². The van der Waals surface area contributed by atoms with Gasteiger partial charge in [0.25, 0.3) is 0 Å². The van der Waals surface area contributed by atoms with Crippen LogP contribution in [0.3, 0.4) is 0 Å². The highest BCUT2D eigenvalue weighted by Crippen LogP contribution is 2.16. The van der Waals surface area contributed by atoms with Crippen molar-refractivity contribution in [3.63, 3.8) is 0 Å².